The average molecular weight is 558 g/mol. The van der Waals surface area contributed by atoms with Crippen LogP contribution in [-0.2, 0) is 0 Å². The van der Waals surface area contributed by atoms with Crippen molar-refractivity contribution in [1.82, 2.24) is 21.0 Å². The van der Waals surface area contributed by atoms with Crippen LogP contribution in [0.4, 0.5) is 11.4 Å². The summed E-state index contributed by atoms with van der Waals surface area (Å²) in [5.41, 5.74) is 13.1. The summed E-state index contributed by atoms with van der Waals surface area (Å²) in [4.78, 5) is 4.50. The largest absolute Gasteiger partial charge is 0.383 e. The molecule has 0 saturated heterocycles. The van der Waals surface area contributed by atoms with Crippen molar-refractivity contribution in [2.24, 2.45) is 11.3 Å². The summed E-state index contributed by atoms with van der Waals surface area (Å²) in [6, 6.07) is 16.1. The minimum absolute atomic E-state index is 0.0243. The predicted octanol–water partition coefficient (Wildman–Crippen LogP) is 5.88. The molecule has 0 amide bonds. The Labute approximate surface area is 246 Å². The molecule has 3 aliphatic rings. The number of nitrogens with one attached hydrogen (secondary N) is 4. The fraction of sp³-hybridized carbons (Fsp3) is 0.394. The fourth-order valence-electron chi connectivity index (χ4n) is 5.99. The third-order valence-electron chi connectivity index (χ3n) is 8.61. The van der Waals surface area contributed by atoms with Gasteiger partial charge in [-0.15, -0.1) is 5.53 Å². The molecule has 0 radical (unpaired) electrons. The van der Waals surface area contributed by atoms with E-state index in [1.165, 1.54) is 31.9 Å². The maximum absolute atomic E-state index is 10.1. The van der Waals surface area contributed by atoms with E-state index in [1.807, 2.05) is 31.2 Å². The number of hydrazine groups is 2. The van der Waals surface area contributed by atoms with E-state index >= 15 is 0 Å². The Morgan fingerprint density at radius 2 is 1.81 bits per heavy atom. The molecule has 2 saturated carbocycles. The van der Waals surface area contributed by atoms with Crippen LogP contribution in [0.1, 0.15) is 80.3 Å². The summed E-state index contributed by atoms with van der Waals surface area (Å²) in [6.07, 6.45) is 8.56. The number of hydrogen-bond donors (Lipinski definition) is 4. The smallest absolute Gasteiger partial charge is 0.103 e. The van der Waals surface area contributed by atoms with Gasteiger partial charge in [0, 0.05) is 30.0 Å². The molecule has 2 heterocycles. The molecule has 3 aromatic rings. The van der Waals surface area contributed by atoms with Crippen molar-refractivity contribution < 1.29 is 0 Å². The molecule has 212 valence electrons. The lowest BCUT2D eigenvalue weighted by atomic mass is 9.94. The number of aromatic nitrogens is 1. The van der Waals surface area contributed by atoms with Gasteiger partial charge in [0.2, 0.25) is 0 Å². The summed E-state index contributed by atoms with van der Waals surface area (Å²) in [7, 11) is 0. The second-order valence-electron chi connectivity index (χ2n) is 12.9. The number of benzene rings is 2. The second-order valence-corrected chi connectivity index (χ2v) is 12.9. The van der Waals surface area contributed by atoms with E-state index in [0.29, 0.717) is 45.5 Å². The van der Waals surface area contributed by atoms with Gasteiger partial charge in [0.05, 0.1) is 51.2 Å². The van der Waals surface area contributed by atoms with Crippen LogP contribution in [0.25, 0.3) is 10.9 Å². The van der Waals surface area contributed by atoms with Crippen LogP contribution in [0.15, 0.2) is 48.4 Å². The van der Waals surface area contributed by atoms with E-state index in [2.05, 4.69) is 76.8 Å². The SMILES string of the molecule is Cc1c(C#N)cccc1[C@H](Nc1cc(C#N)c2ncc(C#N)c(NCC(C)(C)C)c2c1)C1=CN(C2(C3CC3)CC2)NN1. The molecule has 2 aliphatic carbocycles. The van der Waals surface area contributed by atoms with Gasteiger partial charge in [0.1, 0.15) is 12.1 Å². The van der Waals surface area contributed by atoms with Crippen LogP contribution < -0.4 is 21.6 Å². The average Bonchev–Trinajstić information content (AvgIpc) is 3.91. The first-order valence-corrected chi connectivity index (χ1v) is 14.5. The number of nitrogens with zero attached hydrogens (tertiary/aromatic N) is 5. The van der Waals surface area contributed by atoms with Crippen LogP contribution in [0, 0.1) is 52.2 Å². The summed E-state index contributed by atoms with van der Waals surface area (Å²) in [5, 5.41) is 39.9. The summed E-state index contributed by atoms with van der Waals surface area (Å²) < 4.78 is 0. The topological polar surface area (TPSA) is 136 Å². The molecule has 9 nitrogen and oxygen atoms in total. The molecule has 2 fully saturated rings. The van der Waals surface area contributed by atoms with E-state index in [4.69, 9.17) is 0 Å². The lowest BCUT2D eigenvalue weighted by Gasteiger charge is -2.26. The number of pyridine rings is 1. The maximum atomic E-state index is 10.1. The summed E-state index contributed by atoms with van der Waals surface area (Å²) in [6.45, 7) is 8.99. The zero-order valence-corrected chi connectivity index (χ0v) is 24.5. The van der Waals surface area contributed by atoms with Gasteiger partial charge < -0.3 is 16.1 Å². The van der Waals surface area contributed by atoms with Crippen molar-refractivity contribution in [3.05, 3.63) is 76.2 Å². The van der Waals surface area contributed by atoms with Crippen LogP contribution in [0.3, 0.4) is 0 Å². The Balaban J connectivity index is 1.45. The molecule has 1 atom stereocenters. The van der Waals surface area contributed by atoms with Crippen molar-refractivity contribution in [2.45, 2.75) is 65.0 Å². The molecule has 1 aliphatic heterocycles. The molecule has 42 heavy (non-hydrogen) atoms. The van der Waals surface area contributed by atoms with Gasteiger partial charge in [0.25, 0.3) is 0 Å². The fourth-order valence-corrected chi connectivity index (χ4v) is 5.99. The first-order chi connectivity index (χ1) is 20.2. The first-order valence-electron chi connectivity index (χ1n) is 14.5. The molecule has 2 aromatic carbocycles. The summed E-state index contributed by atoms with van der Waals surface area (Å²) in [5.74, 6) is 0.719. The minimum atomic E-state index is -0.340. The van der Waals surface area contributed by atoms with E-state index in [9.17, 15) is 15.8 Å². The van der Waals surface area contributed by atoms with Crippen molar-refractivity contribution in [3.8, 4) is 18.2 Å². The van der Waals surface area contributed by atoms with E-state index in [0.717, 1.165) is 22.7 Å². The molecule has 6 rings (SSSR count). The highest BCUT2D eigenvalue weighted by Crippen LogP contribution is 2.57. The predicted molar refractivity (Wildman–Crippen MR) is 162 cm³/mol. The van der Waals surface area contributed by atoms with Gasteiger partial charge in [-0.1, -0.05) is 32.9 Å². The molecule has 1 aromatic heterocycles. The van der Waals surface area contributed by atoms with Gasteiger partial charge in [-0.05, 0) is 73.3 Å². The van der Waals surface area contributed by atoms with Gasteiger partial charge in [-0.25, -0.2) is 0 Å². The van der Waals surface area contributed by atoms with Crippen LogP contribution in [-0.4, -0.2) is 22.1 Å². The van der Waals surface area contributed by atoms with E-state index in [-0.39, 0.29) is 17.0 Å². The lowest BCUT2D eigenvalue weighted by molar-refractivity contribution is 0.156. The van der Waals surface area contributed by atoms with Gasteiger partial charge in [-0.3, -0.25) is 9.99 Å². The van der Waals surface area contributed by atoms with Crippen LogP contribution in [0.2, 0.25) is 0 Å². The molecule has 0 unspecified atom stereocenters. The minimum Gasteiger partial charge on any atom is -0.383 e. The standard InChI is InChI=1S/C33H35N9/c1-20-21(14-34)6-5-7-26(20)31(28-18-42(41-40-28)33(10-11-33)24-8-9-24)39-25-12-22(15-35)29-27(13-25)30(23(16-36)17-37-29)38-19-32(2,3)4/h5-7,12-13,17-18,24,31,39-41H,8-11,19H2,1-4H3,(H,37,38)/t31-/m0/s1. The molecule has 4 N–H and O–H groups in total. The highest BCUT2D eigenvalue weighted by atomic mass is 15.7. The van der Waals surface area contributed by atoms with Gasteiger partial charge >= 0.3 is 0 Å². The van der Waals surface area contributed by atoms with Crippen molar-refractivity contribution in [1.29, 1.82) is 15.8 Å². The number of hydrogen-bond acceptors (Lipinski definition) is 9. The zero-order chi connectivity index (χ0) is 29.6. The molecule has 9 heteroatoms. The molecule has 0 bridgehead atoms. The summed E-state index contributed by atoms with van der Waals surface area (Å²) >= 11 is 0. The second kappa shape index (κ2) is 10.2. The van der Waals surface area contributed by atoms with Crippen LogP contribution >= 0.6 is 0 Å². The zero-order valence-electron chi connectivity index (χ0n) is 24.5. The normalized spacial score (nSPS) is 17.8. The van der Waals surface area contributed by atoms with Gasteiger partial charge in [0.15, 0.2) is 0 Å². The van der Waals surface area contributed by atoms with Crippen molar-refractivity contribution >= 4 is 22.3 Å². The molecular weight excluding hydrogens is 522 g/mol. The Bertz CT molecular complexity index is 1720. The molecular formula is C33H35N9. The number of nitriles is 3. The Morgan fingerprint density at radius 1 is 1.07 bits per heavy atom. The monoisotopic (exact) mass is 557 g/mol. The first kappa shape index (κ1) is 27.4. The number of rotatable bonds is 8. The van der Waals surface area contributed by atoms with Crippen LogP contribution in [0.5, 0.6) is 0 Å². The third-order valence-corrected chi connectivity index (χ3v) is 8.61. The van der Waals surface area contributed by atoms with Crippen molar-refractivity contribution in [2.75, 3.05) is 17.2 Å². The third kappa shape index (κ3) is 4.96. The lowest BCUT2D eigenvalue weighted by Crippen LogP contribution is -2.46. The number of anilines is 2. The van der Waals surface area contributed by atoms with Crippen molar-refractivity contribution in [3.63, 3.8) is 0 Å². The number of fused-ring (bicyclic) bond motifs is 1. The molecule has 0 spiro atoms. The Morgan fingerprint density at radius 3 is 2.45 bits per heavy atom. The Kier molecular flexibility index (Phi) is 6.68. The quantitative estimate of drug-likeness (QED) is 0.268. The van der Waals surface area contributed by atoms with E-state index in [1.54, 1.807) is 6.07 Å². The highest BCUT2D eigenvalue weighted by molar-refractivity contribution is 5.99. The Hall–Kier alpha value is -4.78. The van der Waals surface area contributed by atoms with Gasteiger partial charge in [-0.2, -0.15) is 15.8 Å². The van der Waals surface area contributed by atoms with E-state index < -0.39 is 0 Å². The highest BCUT2D eigenvalue weighted by Gasteiger charge is 2.58. The maximum Gasteiger partial charge on any atom is 0.103 e.